The monoisotopic (exact) mass is 289 g/mol. The fraction of sp³-hybridized carbons (Fsp3) is 0.538. The molecule has 3 heterocycles. The number of carbonyl (C=O) groups excluding carboxylic acids is 1. The van der Waals surface area contributed by atoms with Gasteiger partial charge in [-0.05, 0) is 12.8 Å². The van der Waals surface area contributed by atoms with Crippen LogP contribution in [-0.4, -0.2) is 52.0 Å². The van der Waals surface area contributed by atoms with Crippen LogP contribution in [0.4, 0.5) is 11.8 Å². The van der Waals surface area contributed by atoms with E-state index in [0.29, 0.717) is 24.7 Å². The second-order valence-corrected chi connectivity index (χ2v) is 5.02. The van der Waals surface area contributed by atoms with E-state index >= 15 is 0 Å². The van der Waals surface area contributed by atoms with Crippen molar-refractivity contribution in [2.24, 2.45) is 0 Å². The summed E-state index contributed by atoms with van der Waals surface area (Å²) in [4.78, 5) is 30.0. The van der Waals surface area contributed by atoms with E-state index in [1.54, 1.807) is 6.33 Å². The van der Waals surface area contributed by atoms with Gasteiger partial charge in [0, 0.05) is 19.6 Å². The molecular formula is C13H19N7O. The molecule has 1 saturated heterocycles. The molecule has 8 heteroatoms. The number of rotatable bonds is 4. The summed E-state index contributed by atoms with van der Waals surface area (Å²) in [6.45, 7) is 4.67. The molecule has 0 aromatic carbocycles. The smallest absolute Gasteiger partial charge is 0.239 e. The Bertz CT molecular complexity index is 638. The first-order chi connectivity index (χ1) is 10.3. The third kappa shape index (κ3) is 2.88. The Morgan fingerprint density at radius 2 is 2.33 bits per heavy atom. The zero-order chi connectivity index (χ0) is 14.7. The molecule has 0 atom stereocenters. The number of nitrogens with zero attached hydrogens (tertiary/aromatic N) is 4. The average Bonchev–Trinajstić information content (AvgIpc) is 2.85. The molecule has 0 spiro atoms. The summed E-state index contributed by atoms with van der Waals surface area (Å²) in [5, 5.41) is 6.05. The summed E-state index contributed by atoms with van der Waals surface area (Å²) in [5.74, 6) is 1.30. The molecule has 1 fully saturated rings. The van der Waals surface area contributed by atoms with Crippen molar-refractivity contribution in [3.63, 3.8) is 0 Å². The first-order valence-corrected chi connectivity index (χ1v) is 7.24. The van der Waals surface area contributed by atoms with Crippen LogP contribution in [0.5, 0.6) is 0 Å². The number of amides is 1. The van der Waals surface area contributed by atoms with Gasteiger partial charge >= 0.3 is 0 Å². The molecule has 1 amide bonds. The molecule has 0 unspecified atom stereocenters. The maximum atomic E-state index is 11.8. The summed E-state index contributed by atoms with van der Waals surface area (Å²) >= 11 is 0. The highest BCUT2D eigenvalue weighted by molar-refractivity contribution is 5.88. The Morgan fingerprint density at radius 1 is 1.43 bits per heavy atom. The second-order valence-electron chi connectivity index (χ2n) is 5.02. The van der Waals surface area contributed by atoms with E-state index in [9.17, 15) is 4.79 Å². The van der Waals surface area contributed by atoms with Crippen molar-refractivity contribution in [3.8, 4) is 0 Å². The summed E-state index contributed by atoms with van der Waals surface area (Å²) in [5.41, 5.74) is 1.38. The van der Waals surface area contributed by atoms with Gasteiger partial charge in [0.2, 0.25) is 11.9 Å². The molecule has 8 nitrogen and oxygen atoms in total. The van der Waals surface area contributed by atoms with Gasteiger partial charge in [0.05, 0.1) is 12.9 Å². The lowest BCUT2D eigenvalue weighted by Gasteiger charge is -2.21. The van der Waals surface area contributed by atoms with Crippen LogP contribution in [0.3, 0.4) is 0 Å². The highest BCUT2D eigenvalue weighted by Gasteiger charge is 2.20. The van der Waals surface area contributed by atoms with Gasteiger partial charge in [-0.2, -0.15) is 9.97 Å². The van der Waals surface area contributed by atoms with Crippen molar-refractivity contribution >= 4 is 28.8 Å². The molecule has 2 aromatic heterocycles. The molecule has 112 valence electrons. The number of aromatic nitrogens is 4. The fourth-order valence-corrected chi connectivity index (χ4v) is 2.35. The Hall–Kier alpha value is -2.38. The van der Waals surface area contributed by atoms with Crippen LogP contribution in [0.1, 0.15) is 19.8 Å². The van der Waals surface area contributed by atoms with E-state index in [1.165, 1.54) is 0 Å². The van der Waals surface area contributed by atoms with Gasteiger partial charge in [-0.3, -0.25) is 4.79 Å². The fourth-order valence-electron chi connectivity index (χ4n) is 2.35. The van der Waals surface area contributed by atoms with Crippen molar-refractivity contribution in [2.75, 3.05) is 36.4 Å². The number of nitrogens with one attached hydrogen (secondary N) is 3. The Morgan fingerprint density at radius 3 is 3.19 bits per heavy atom. The number of fused-ring (bicyclic) bond motifs is 1. The van der Waals surface area contributed by atoms with E-state index < -0.39 is 0 Å². The number of anilines is 2. The molecule has 0 aliphatic carbocycles. The van der Waals surface area contributed by atoms with Crippen molar-refractivity contribution < 1.29 is 4.79 Å². The lowest BCUT2D eigenvalue weighted by atomic mass is 10.3. The minimum absolute atomic E-state index is 0.0156. The summed E-state index contributed by atoms with van der Waals surface area (Å²) in [6.07, 6.45) is 3.48. The number of carbonyl (C=O) groups is 1. The standard InChI is InChI=1S/C13H19N7O/c1-2-4-15-13-18-11-10(16-8-17-11)12(19-13)20-6-3-5-14-9(21)7-20/h8H,2-7H2,1H3,(H,14,21)(H2,15,16,17,18,19). The number of H-pyrrole nitrogens is 1. The first kappa shape index (κ1) is 13.6. The van der Waals surface area contributed by atoms with E-state index in [4.69, 9.17) is 0 Å². The summed E-state index contributed by atoms with van der Waals surface area (Å²) in [6, 6.07) is 0. The van der Waals surface area contributed by atoms with Crippen molar-refractivity contribution in [1.82, 2.24) is 25.3 Å². The molecule has 2 aromatic rings. The molecule has 0 saturated carbocycles. The van der Waals surface area contributed by atoms with E-state index in [-0.39, 0.29) is 5.91 Å². The van der Waals surface area contributed by atoms with Gasteiger partial charge in [0.1, 0.15) is 5.52 Å². The number of hydrogen-bond acceptors (Lipinski definition) is 6. The normalized spacial score (nSPS) is 15.9. The lowest BCUT2D eigenvalue weighted by molar-refractivity contribution is -0.119. The molecule has 3 N–H and O–H groups in total. The van der Waals surface area contributed by atoms with Gasteiger partial charge in [-0.15, -0.1) is 0 Å². The zero-order valence-electron chi connectivity index (χ0n) is 12.0. The third-order valence-electron chi connectivity index (χ3n) is 3.36. The molecule has 1 aliphatic rings. The Balaban J connectivity index is 1.98. The topological polar surface area (TPSA) is 98.8 Å². The maximum absolute atomic E-state index is 11.8. The number of imidazole rings is 1. The van der Waals surface area contributed by atoms with Crippen molar-refractivity contribution in [3.05, 3.63) is 6.33 Å². The van der Waals surface area contributed by atoms with Gasteiger partial charge in [0.25, 0.3) is 0 Å². The zero-order valence-corrected chi connectivity index (χ0v) is 12.0. The molecule has 1 aliphatic heterocycles. The average molecular weight is 289 g/mol. The summed E-state index contributed by atoms with van der Waals surface area (Å²) in [7, 11) is 0. The molecular weight excluding hydrogens is 270 g/mol. The lowest BCUT2D eigenvalue weighted by Crippen LogP contribution is -2.33. The van der Waals surface area contributed by atoms with E-state index in [0.717, 1.165) is 37.3 Å². The van der Waals surface area contributed by atoms with Gasteiger partial charge in [-0.25, -0.2) is 4.98 Å². The van der Waals surface area contributed by atoms with Crippen LogP contribution < -0.4 is 15.5 Å². The second kappa shape index (κ2) is 5.94. The highest BCUT2D eigenvalue weighted by Crippen LogP contribution is 2.23. The minimum atomic E-state index is 0.0156. The largest absolute Gasteiger partial charge is 0.354 e. The number of aromatic amines is 1. The van der Waals surface area contributed by atoms with Crippen molar-refractivity contribution in [2.45, 2.75) is 19.8 Å². The van der Waals surface area contributed by atoms with Gasteiger partial charge < -0.3 is 20.5 Å². The van der Waals surface area contributed by atoms with Crippen LogP contribution in [0, 0.1) is 0 Å². The van der Waals surface area contributed by atoms with Crippen LogP contribution in [-0.2, 0) is 4.79 Å². The predicted molar refractivity (Wildman–Crippen MR) is 80.3 cm³/mol. The Kier molecular flexibility index (Phi) is 3.85. The number of hydrogen-bond donors (Lipinski definition) is 3. The molecule has 0 bridgehead atoms. The minimum Gasteiger partial charge on any atom is -0.354 e. The Labute approximate surface area is 122 Å². The van der Waals surface area contributed by atoms with Crippen molar-refractivity contribution in [1.29, 1.82) is 0 Å². The SMILES string of the molecule is CCCNc1nc(N2CCCNC(=O)C2)c2[nH]cnc2n1. The maximum Gasteiger partial charge on any atom is 0.239 e. The van der Waals surface area contributed by atoms with Crippen LogP contribution >= 0.6 is 0 Å². The van der Waals surface area contributed by atoms with Crippen LogP contribution in [0.25, 0.3) is 11.2 Å². The molecule has 21 heavy (non-hydrogen) atoms. The highest BCUT2D eigenvalue weighted by atomic mass is 16.2. The molecule has 3 rings (SSSR count). The summed E-state index contributed by atoms with van der Waals surface area (Å²) < 4.78 is 0. The van der Waals surface area contributed by atoms with E-state index in [1.807, 2.05) is 4.90 Å². The molecule has 0 radical (unpaired) electrons. The van der Waals surface area contributed by atoms with Gasteiger partial charge in [0.15, 0.2) is 11.5 Å². The third-order valence-corrected chi connectivity index (χ3v) is 3.36. The first-order valence-electron chi connectivity index (χ1n) is 7.24. The van der Waals surface area contributed by atoms with Crippen LogP contribution in [0.2, 0.25) is 0 Å². The van der Waals surface area contributed by atoms with Gasteiger partial charge in [-0.1, -0.05) is 6.92 Å². The van der Waals surface area contributed by atoms with Crippen LogP contribution in [0.15, 0.2) is 6.33 Å². The predicted octanol–water partition coefficient (Wildman–Crippen LogP) is 0.501. The quantitative estimate of drug-likeness (QED) is 0.758. The van der Waals surface area contributed by atoms with E-state index in [2.05, 4.69) is 37.5 Å².